The average molecular weight is 176 g/mol. The second kappa shape index (κ2) is 2.83. The van der Waals surface area contributed by atoms with Crippen molar-refractivity contribution in [1.82, 2.24) is 0 Å². The Morgan fingerprint density at radius 3 is 3.00 bits per heavy atom. The number of allylic oxidation sites excluding steroid dienone is 4. The molecule has 0 spiro atoms. The van der Waals surface area contributed by atoms with Gasteiger partial charge in [-0.3, -0.25) is 9.59 Å². The van der Waals surface area contributed by atoms with Crippen LogP contribution in [0.4, 0.5) is 0 Å². The van der Waals surface area contributed by atoms with Gasteiger partial charge in [0.2, 0.25) is 5.91 Å². The maximum Gasteiger partial charge on any atom is 0.228 e. The Kier molecular flexibility index (Phi) is 1.79. The summed E-state index contributed by atoms with van der Waals surface area (Å²) in [7, 11) is 0. The minimum Gasteiger partial charge on any atom is -0.369 e. The van der Waals surface area contributed by atoms with Crippen LogP contribution >= 0.6 is 0 Å². The number of amides is 1. The van der Waals surface area contributed by atoms with E-state index in [1.54, 1.807) is 12.2 Å². The van der Waals surface area contributed by atoms with E-state index in [-0.39, 0.29) is 17.6 Å². The number of carbonyl (C=O) groups is 2. The molecule has 1 amide bonds. The second-order valence-electron chi connectivity index (χ2n) is 3.48. The van der Waals surface area contributed by atoms with Crippen LogP contribution in [0.5, 0.6) is 0 Å². The predicted octanol–water partition coefficient (Wildman–Crippen LogP) is 0.222. The van der Waals surface area contributed by atoms with E-state index in [0.717, 1.165) is 0 Å². The van der Waals surface area contributed by atoms with Crippen LogP contribution in [-0.2, 0) is 9.59 Å². The van der Waals surface area contributed by atoms with Gasteiger partial charge in [0.05, 0.1) is 5.92 Å². The van der Waals surface area contributed by atoms with E-state index in [2.05, 4.69) is 6.08 Å². The molecule has 3 atom stereocenters. The zero-order chi connectivity index (χ0) is 9.42. The molecule has 3 heteroatoms. The van der Waals surface area contributed by atoms with Gasteiger partial charge in [0.15, 0.2) is 5.78 Å². The molecule has 1 radical (unpaired) electrons. The van der Waals surface area contributed by atoms with E-state index in [1.807, 2.05) is 6.08 Å². The first kappa shape index (κ1) is 8.23. The number of hydrogen-bond donors (Lipinski definition) is 1. The number of rotatable bonds is 1. The summed E-state index contributed by atoms with van der Waals surface area (Å²) in [5, 5.41) is 0. The Bertz CT molecular complexity index is 317. The first-order valence-corrected chi connectivity index (χ1v) is 4.29. The van der Waals surface area contributed by atoms with E-state index in [1.165, 1.54) is 0 Å². The van der Waals surface area contributed by atoms with Gasteiger partial charge in [0.1, 0.15) is 0 Å². The topological polar surface area (TPSA) is 60.2 Å². The van der Waals surface area contributed by atoms with Crippen LogP contribution in [0.25, 0.3) is 0 Å². The fourth-order valence-electron chi connectivity index (χ4n) is 1.98. The zero-order valence-electron chi connectivity index (χ0n) is 7.07. The summed E-state index contributed by atoms with van der Waals surface area (Å²) in [5.74, 6) is -1.13. The van der Waals surface area contributed by atoms with E-state index < -0.39 is 11.8 Å². The molecule has 2 aliphatic rings. The van der Waals surface area contributed by atoms with Gasteiger partial charge in [-0.1, -0.05) is 18.2 Å². The van der Waals surface area contributed by atoms with Gasteiger partial charge < -0.3 is 5.73 Å². The Hall–Kier alpha value is -1.38. The molecule has 2 aliphatic carbocycles. The summed E-state index contributed by atoms with van der Waals surface area (Å²) in [4.78, 5) is 22.5. The molecule has 1 saturated carbocycles. The van der Waals surface area contributed by atoms with Crippen molar-refractivity contribution in [2.75, 3.05) is 0 Å². The van der Waals surface area contributed by atoms with E-state index in [0.29, 0.717) is 6.42 Å². The molecule has 2 N–H and O–H groups in total. The van der Waals surface area contributed by atoms with Gasteiger partial charge in [-0.2, -0.15) is 0 Å². The molecule has 0 aliphatic heterocycles. The summed E-state index contributed by atoms with van der Waals surface area (Å²) in [6, 6.07) is 0. The first-order chi connectivity index (χ1) is 6.20. The summed E-state index contributed by atoms with van der Waals surface area (Å²) in [6.45, 7) is 0. The van der Waals surface area contributed by atoms with Crippen molar-refractivity contribution in [1.29, 1.82) is 0 Å². The monoisotopic (exact) mass is 176 g/mol. The lowest BCUT2D eigenvalue weighted by molar-refractivity contribution is -0.131. The first-order valence-electron chi connectivity index (χ1n) is 4.29. The van der Waals surface area contributed by atoms with Crippen LogP contribution in [0, 0.1) is 23.8 Å². The summed E-state index contributed by atoms with van der Waals surface area (Å²) >= 11 is 0. The molecule has 67 valence electrons. The minimum absolute atomic E-state index is 0.0356. The number of fused-ring (bicyclic) bond motifs is 1. The maximum atomic E-state index is 11.6. The number of Topliss-reactive ketones (excluding diaryl/α,β-unsaturated/α-hetero) is 1. The van der Waals surface area contributed by atoms with Crippen LogP contribution in [-0.4, -0.2) is 11.7 Å². The third-order valence-corrected chi connectivity index (χ3v) is 2.69. The highest BCUT2D eigenvalue weighted by Gasteiger charge is 2.42. The molecular weight excluding hydrogens is 166 g/mol. The van der Waals surface area contributed by atoms with Crippen molar-refractivity contribution < 1.29 is 9.59 Å². The van der Waals surface area contributed by atoms with Crippen molar-refractivity contribution in [3.63, 3.8) is 0 Å². The van der Waals surface area contributed by atoms with E-state index in [9.17, 15) is 9.59 Å². The fourth-order valence-corrected chi connectivity index (χ4v) is 1.98. The molecule has 1 fully saturated rings. The van der Waals surface area contributed by atoms with E-state index in [4.69, 9.17) is 5.73 Å². The number of carbonyl (C=O) groups excluding carboxylic acids is 2. The summed E-state index contributed by atoms with van der Waals surface area (Å²) in [5.41, 5.74) is 5.12. The zero-order valence-corrected chi connectivity index (χ0v) is 7.07. The van der Waals surface area contributed by atoms with Crippen LogP contribution in [0.15, 0.2) is 18.2 Å². The molecule has 3 nitrogen and oxygen atoms in total. The number of hydrogen-bond acceptors (Lipinski definition) is 2. The number of ketones is 1. The van der Waals surface area contributed by atoms with Crippen LogP contribution in [0.1, 0.15) is 6.42 Å². The molecule has 2 rings (SSSR count). The lowest BCUT2D eigenvalue weighted by Gasteiger charge is -2.11. The van der Waals surface area contributed by atoms with Crippen molar-refractivity contribution >= 4 is 11.7 Å². The highest BCUT2D eigenvalue weighted by molar-refractivity contribution is 6.04. The molecule has 0 aromatic heterocycles. The fraction of sp³-hybridized carbons (Fsp3) is 0.400. The minimum atomic E-state index is -0.587. The van der Waals surface area contributed by atoms with Crippen LogP contribution in [0.2, 0.25) is 0 Å². The predicted molar refractivity (Wildman–Crippen MR) is 46.2 cm³/mol. The maximum absolute atomic E-state index is 11.6. The lowest BCUT2D eigenvalue weighted by Crippen LogP contribution is -2.28. The third-order valence-electron chi connectivity index (χ3n) is 2.69. The Labute approximate surface area is 76.3 Å². The van der Waals surface area contributed by atoms with E-state index >= 15 is 0 Å². The molecular formula is C10H10NO2. The Morgan fingerprint density at radius 2 is 2.38 bits per heavy atom. The smallest absolute Gasteiger partial charge is 0.228 e. The Balaban J connectivity index is 2.25. The number of primary amides is 1. The highest BCUT2D eigenvalue weighted by atomic mass is 16.2. The van der Waals surface area contributed by atoms with Crippen molar-refractivity contribution in [3.8, 4) is 0 Å². The normalized spacial score (nSPS) is 36.3. The van der Waals surface area contributed by atoms with Crippen molar-refractivity contribution in [2.45, 2.75) is 6.42 Å². The summed E-state index contributed by atoms with van der Waals surface area (Å²) in [6.07, 6.45) is 8.86. The van der Waals surface area contributed by atoms with Gasteiger partial charge in [-0.05, 0) is 18.4 Å². The number of nitrogens with two attached hydrogens (primary N) is 1. The molecule has 0 aromatic carbocycles. The van der Waals surface area contributed by atoms with Crippen molar-refractivity contribution in [3.05, 3.63) is 24.3 Å². The highest BCUT2D eigenvalue weighted by Crippen LogP contribution is 2.36. The molecule has 0 aromatic rings. The van der Waals surface area contributed by atoms with Gasteiger partial charge in [0.25, 0.3) is 0 Å². The van der Waals surface area contributed by atoms with Gasteiger partial charge in [0, 0.05) is 5.92 Å². The molecule has 0 bridgehead atoms. The van der Waals surface area contributed by atoms with Crippen LogP contribution in [0.3, 0.4) is 0 Å². The molecule has 0 saturated heterocycles. The van der Waals surface area contributed by atoms with Gasteiger partial charge >= 0.3 is 0 Å². The SMILES string of the molecule is NC(=O)C1CC2C=[C]C=CC2C1=O. The second-order valence-corrected chi connectivity index (χ2v) is 3.48. The lowest BCUT2D eigenvalue weighted by atomic mass is 9.92. The largest absolute Gasteiger partial charge is 0.369 e. The van der Waals surface area contributed by atoms with Crippen LogP contribution < -0.4 is 5.73 Å². The van der Waals surface area contributed by atoms with Gasteiger partial charge in [-0.25, -0.2) is 0 Å². The third kappa shape index (κ3) is 1.20. The molecule has 13 heavy (non-hydrogen) atoms. The summed E-state index contributed by atoms with van der Waals surface area (Å²) < 4.78 is 0. The quantitative estimate of drug-likeness (QED) is 0.581. The molecule has 0 heterocycles. The average Bonchev–Trinajstić information content (AvgIpc) is 2.45. The van der Waals surface area contributed by atoms with Crippen molar-refractivity contribution in [2.24, 2.45) is 23.5 Å². The molecule has 3 unspecified atom stereocenters. The Morgan fingerprint density at radius 1 is 1.62 bits per heavy atom. The van der Waals surface area contributed by atoms with Gasteiger partial charge in [-0.15, -0.1) is 0 Å². The standard InChI is InChI=1S/C10H10NO2/c11-10(13)8-5-6-3-1-2-4-7(6)9(8)12/h2-4,6-8H,5H2,(H2,11,13).